The van der Waals surface area contributed by atoms with Gasteiger partial charge in [-0.3, -0.25) is 19.2 Å². The van der Waals surface area contributed by atoms with Gasteiger partial charge in [0.25, 0.3) is 5.91 Å². The average molecular weight is 619 g/mol. The highest BCUT2D eigenvalue weighted by Crippen LogP contribution is 2.50. The number of ether oxygens (including phenoxy) is 1. The van der Waals surface area contributed by atoms with Crippen LogP contribution in [0.25, 0.3) is 0 Å². The van der Waals surface area contributed by atoms with Crippen molar-refractivity contribution in [3.8, 4) is 0 Å². The van der Waals surface area contributed by atoms with Crippen LogP contribution in [0.2, 0.25) is 0 Å². The predicted molar refractivity (Wildman–Crippen MR) is 161 cm³/mol. The largest absolute Gasteiger partial charge is 0.447 e. The molecule has 4 unspecified atom stereocenters. The number of rotatable bonds is 13. The molecule has 44 heavy (non-hydrogen) atoms. The lowest BCUT2D eigenvalue weighted by atomic mass is 9.85. The molecule has 6 atom stereocenters. The highest BCUT2D eigenvalue weighted by molar-refractivity contribution is 6.37. The van der Waals surface area contributed by atoms with Crippen molar-refractivity contribution in [2.75, 3.05) is 19.7 Å². The molecule has 13 heteroatoms. The fourth-order valence-electron chi connectivity index (χ4n) is 5.79. The molecule has 6 N–H and O–H groups in total. The number of nitrogens with one attached hydrogen (secondary N) is 4. The monoisotopic (exact) mass is 618 g/mol. The van der Waals surface area contributed by atoms with Gasteiger partial charge in [0.1, 0.15) is 18.7 Å². The van der Waals surface area contributed by atoms with Crippen molar-refractivity contribution < 1.29 is 33.5 Å². The molecule has 3 saturated carbocycles. The number of alkyl carbamates (subject to hydrolysis) is 1. The van der Waals surface area contributed by atoms with Gasteiger partial charge in [-0.05, 0) is 60.2 Å². The molecule has 1 saturated heterocycles. The van der Waals surface area contributed by atoms with Crippen molar-refractivity contribution in [3.63, 3.8) is 0 Å². The van der Waals surface area contributed by atoms with E-state index in [4.69, 9.17) is 10.5 Å². The molecular weight excluding hydrogens is 568 g/mol. The number of ketones is 1. The van der Waals surface area contributed by atoms with Gasteiger partial charge in [0.2, 0.25) is 17.6 Å². The van der Waals surface area contributed by atoms with E-state index in [2.05, 4.69) is 21.3 Å². The summed E-state index contributed by atoms with van der Waals surface area (Å²) in [5.41, 5.74) is 4.07. The summed E-state index contributed by atoms with van der Waals surface area (Å²) in [6.07, 6.45) is 4.64. The zero-order valence-corrected chi connectivity index (χ0v) is 26.9. The molecule has 0 aromatic carbocycles. The number of urea groups is 1. The molecule has 3 aliphatic carbocycles. The van der Waals surface area contributed by atoms with Crippen LogP contribution in [0.15, 0.2) is 0 Å². The third kappa shape index (κ3) is 8.84. The van der Waals surface area contributed by atoms with Gasteiger partial charge in [-0.1, -0.05) is 54.4 Å². The minimum absolute atomic E-state index is 0.0490. The normalized spacial score (nSPS) is 24.7. The van der Waals surface area contributed by atoms with Gasteiger partial charge in [-0.2, -0.15) is 0 Å². The summed E-state index contributed by atoms with van der Waals surface area (Å²) in [4.78, 5) is 78.7. The first kappa shape index (κ1) is 33.5. The molecule has 13 nitrogen and oxygen atoms in total. The average Bonchev–Trinajstić information content (AvgIpc) is 3.81. The van der Waals surface area contributed by atoms with Crippen LogP contribution in [0.4, 0.5) is 9.59 Å². The SMILES string of the molecule is CC(C)(C)C(NC(=O)N[C@H](COC(=O)NCC1CC1)C(C)(C)C)C(=O)N1C[C@@H]2CC2C1C(=O)NC(CC1CC1)C(=O)C(N)=O. The Morgan fingerprint density at radius 2 is 1.52 bits per heavy atom. The zero-order chi connectivity index (χ0) is 32.6. The number of Topliss-reactive ketones (excluding diaryl/α,β-unsaturated/α-hetero) is 1. The first-order chi connectivity index (χ1) is 20.5. The van der Waals surface area contributed by atoms with Crippen LogP contribution in [0.1, 0.15) is 80.1 Å². The fourth-order valence-corrected chi connectivity index (χ4v) is 5.79. The number of hydrogen-bond acceptors (Lipinski definition) is 7. The minimum atomic E-state index is -1.10. The summed E-state index contributed by atoms with van der Waals surface area (Å²) >= 11 is 0. The van der Waals surface area contributed by atoms with Crippen molar-refractivity contribution in [3.05, 3.63) is 0 Å². The van der Waals surface area contributed by atoms with E-state index >= 15 is 0 Å². The van der Waals surface area contributed by atoms with Crippen molar-refractivity contribution >= 4 is 35.6 Å². The molecule has 4 rings (SSSR count). The van der Waals surface area contributed by atoms with Gasteiger partial charge < -0.3 is 36.6 Å². The maximum absolute atomic E-state index is 14.0. The van der Waals surface area contributed by atoms with E-state index in [-0.39, 0.29) is 24.4 Å². The Morgan fingerprint density at radius 1 is 0.886 bits per heavy atom. The fraction of sp³-hybridized carbons (Fsp3) is 0.806. The highest BCUT2D eigenvalue weighted by atomic mass is 16.5. The third-order valence-corrected chi connectivity index (χ3v) is 9.20. The van der Waals surface area contributed by atoms with E-state index in [1.807, 2.05) is 41.5 Å². The number of hydrogen-bond donors (Lipinski definition) is 5. The number of nitrogens with two attached hydrogens (primary N) is 1. The van der Waals surface area contributed by atoms with Crippen LogP contribution in [-0.4, -0.2) is 84.4 Å². The number of nitrogens with zero attached hydrogens (tertiary/aromatic N) is 1. The van der Waals surface area contributed by atoms with Crippen LogP contribution in [0.5, 0.6) is 0 Å². The van der Waals surface area contributed by atoms with Crippen LogP contribution >= 0.6 is 0 Å². The lowest BCUT2D eigenvalue weighted by Crippen LogP contribution is -2.62. The second kappa shape index (κ2) is 12.9. The molecule has 4 fully saturated rings. The number of primary amides is 1. The van der Waals surface area contributed by atoms with Gasteiger partial charge >= 0.3 is 12.1 Å². The standard InChI is InChI=1S/C31H50N6O7/c1-30(2,3)21(15-44-29(43)33-13-17-9-10-17)35-28(42)36-24(31(4,5)6)27(41)37-14-18-12-19(18)22(37)26(40)34-20(11-16-7-8-16)23(38)25(32)39/h16-22,24H,7-15H2,1-6H3,(H2,32,39)(H,33,43)(H,34,40)(H2,35,36,42)/t18-,19?,20?,21+,22?,24?/m0/s1. The van der Waals surface area contributed by atoms with Crippen LogP contribution in [0, 0.1) is 34.5 Å². The van der Waals surface area contributed by atoms with E-state index in [0.29, 0.717) is 25.4 Å². The first-order valence-electron chi connectivity index (χ1n) is 15.9. The second-order valence-electron chi connectivity index (χ2n) is 15.3. The Labute approximate surface area is 259 Å². The lowest BCUT2D eigenvalue weighted by molar-refractivity contribution is -0.144. The maximum atomic E-state index is 14.0. The van der Waals surface area contributed by atoms with Gasteiger partial charge in [0.15, 0.2) is 0 Å². The summed E-state index contributed by atoms with van der Waals surface area (Å²) in [5, 5.41) is 11.2. The van der Waals surface area contributed by atoms with E-state index in [0.717, 1.165) is 32.1 Å². The zero-order valence-electron chi connectivity index (χ0n) is 26.9. The number of likely N-dealkylation sites (tertiary alicyclic amines) is 1. The first-order valence-corrected chi connectivity index (χ1v) is 15.9. The molecule has 0 spiro atoms. The number of carbonyl (C=O) groups is 6. The molecule has 0 aromatic rings. The molecule has 6 amide bonds. The van der Waals surface area contributed by atoms with E-state index in [9.17, 15) is 28.8 Å². The topological polar surface area (TPSA) is 189 Å². The molecule has 246 valence electrons. The number of carbonyl (C=O) groups excluding carboxylic acids is 6. The van der Waals surface area contributed by atoms with Gasteiger partial charge in [0, 0.05) is 13.1 Å². The Kier molecular flexibility index (Phi) is 9.84. The molecule has 1 aliphatic heterocycles. The predicted octanol–water partition coefficient (Wildman–Crippen LogP) is 1.44. The van der Waals surface area contributed by atoms with E-state index in [1.165, 1.54) is 4.90 Å². The molecule has 0 bridgehead atoms. The second-order valence-corrected chi connectivity index (χ2v) is 15.3. The smallest absolute Gasteiger partial charge is 0.407 e. The summed E-state index contributed by atoms with van der Waals surface area (Å²) in [6, 6.07) is -3.95. The van der Waals surface area contributed by atoms with Crippen molar-refractivity contribution in [2.45, 2.75) is 104 Å². The van der Waals surface area contributed by atoms with E-state index < -0.39 is 70.6 Å². The van der Waals surface area contributed by atoms with Gasteiger partial charge in [0.05, 0.1) is 12.1 Å². The van der Waals surface area contributed by atoms with Crippen molar-refractivity contribution in [1.82, 2.24) is 26.2 Å². The lowest BCUT2D eigenvalue weighted by Gasteiger charge is -2.37. The van der Waals surface area contributed by atoms with E-state index in [1.54, 1.807) is 0 Å². The summed E-state index contributed by atoms with van der Waals surface area (Å²) < 4.78 is 5.39. The Morgan fingerprint density at radius 3 is 2.07 bits per heavy atom. The van der Waals surface area contributed by atoms with Crippen molar-refractivity contribution in [1.29, 1.82) is 0 Å². The summed E-state index contributed by atoms with van der Waals surface area (Å²) in [5.74, 6) is -1.94. The minimum Gasteiger partial charge on any atom is -0.447 e. The Bertz CT molecular complexity index is 1150. The Hall–Kier alpha value is -3.38. The van der Waals surface area contributed by atoms with Crippen LogP contribution < -0.4 is 27.0 Å². The molecule has 0 radical (unpaired) electrons. The highest BCUT2D eigenvalue weighted by Gasteiger charge is 2.58. The van der Waals surface area contributed by atoms with Crippen LogP contribution in [0.3, 0.4) is 0 Å². The van der Waals surface area contributed by atoms with Gasteiger partial charge in [-0.15, -0.1) is 0 Å². The molecule has 1 heterocycles. The quantitative estimate of drug-likeness (QED) is 0.193. The summed E-state index contributed by atoms with van der Waals surface area (Å²) in [6.45, 7) is 12.1. The van der Waals surface area contributed by atoms with Crippen molar-refractivity contribution in [2.24, 2.45) is 40.2 Å². The van der Waals surface area contributed by atoms with Crippen LogP contribution in [-0.2, 0) is 23.9 Å². The number of fused-ring (bicyclic) bond motifs is 1. The number of amides is 6. The molecule has 0 aromatic heterocycles. The maximum Gasteiger partial charge on any atom is 0.407 e. The molecule has 4 aliphatic rings. The molecular formula is C31H50N6O7. The van der Waals surface area contributed by atoms with Gasteiger partial charge in [-0.25, -0.2) is 9.59 Å². The summed E-state index contributed by atoms with van der Waals surface area (Å²) in [7, 11) is 0. The Balaban J connectivity index is 1.41. The number of piperidine rings is 1. The third-order valence-electron chi connectivity index (χ3n) is 9.20.